The number of alkyl halides is 2. The highest BCUT2D eigenvalue weighted by molar-refractivity contribution is 6.31. The van der Waals surface area contributed by atoms with E-state index in [4.69, 9.17) is 23.2 Å². The molecule has 0 saturated carbocycles. The molecule has 1 aliphatic rings. The SMILES string of the molecule is C[C@@H]1CCC[C@H](n2cnc(-c3c(-n4cc(Cl)nn4)ccc(Cl)c3F)cc2=O)c2cc(ccn2)-c2c(cnn2C(F)F)NC1. The molecule has 15 heteroatoms. The number of aromatic nitrogens is 8. The zero-order chi connectivity index (χ0) is 30.2. The topological polar surface area (TPSA) is 108 Å². The molecular weight excluding hydrogens is 606 g/mol. The third kappa shape index (κ3) is 5.62. The number of rotatable bonds is 4. The monoisotopic (exact) mass is 629 g/mol. The molecule has 0 fully saturated rings. The van der Waals surface area contributed by atoms with E-state index in [0.29, 0.717) is 34.6 Å². The van der Waals surface area contributed by atoms with Gasteiger partial charge in [0, 0.05) is 24.4 Å². The maximum Gasteiger partial charge on any atom is 0.333 e. The molecule has 0 amide bonds. The fourth-order valence-electron chi connectivity index (χ4n) is 5.30. The van der Waals surface area contributed by atoms with Crippen LogP contribution in [0, 0.1) is 11.7 Å². The first-order chi connectivity index (χ1) is 20.7. The number of pyridine rings is 1. The van der Waals surface area contributed by atoms with E-state index in [1.807, 2.05) is 0 Å². The summed E-state index contributed by atoms with van der Waals surface area (Å²) in [5, 5.41) is 14.7. The number of anilines is 1. The van der Waals surface area contributed by atoms with Crippen LogP contribution < -0.4 is 10.9 Å². The van der Waals surface area contributed by atoms with Crippen molar-refractivity contribution in [2.75, 3.05) is 11.9 Å². The van der Waals surface area contributed by atoms with Gasteiger partial charge in [0.15, 0.2) is 11.0 Å². The number of benzene rings is 1. The number of hydrogen-bond donors (Lipinski definition) is 1. The molecular formula is C28H24Cl2F3N9O. The first-order valence-electron chi connectivity index (χ1n) is 13.4. The van der Waals surface area contributed by atoms with Crippen LogP contribution in [-0.4, -0.2) is 45.9 Å². The Morgan fingerprint density at radius 3 is 2.70 bits per heavy atom. The minimum atomic E-state index is -2.85. The van der Waals surface area contributed by atoms with E-state index in [1.165, 1.54) is 52.4 Å². The van der Waals surface area contributed by atoms with Crippen LogP contribution >= 0.6 is 23.2 Å². The summed E-state index contributed by atoms with van der Waals surface area (Å²) in [6.45, 7) is -0.233. The Morgan fingerprint density at radius 2 is 1.95 bits per heavy atom. The number of fused-ring (bicyclic) bond motifs is 4. The number of halogens is 5. The highest BCUT2D eigenvalue weighted by atomic mass is 35.5. The molecule has 222 valence electrons. The largest absolute Gasteiger partial charge is 0.382 e. The average molecular weight is 630 g/mol. The van der Waals surface area contributed by atoms with E-state index in [9.17, 15) is 13.6 Å². The normalized spacial score (nSPS) is 17.2. The van der Waals surface area contributed by atoms with Crippen molar-refractivity contribution in [3.8, 4) is 28.2 Å². The summed E-state index contributed by atoms with van der Waals surface area (Å²) in [5.41, 5.74) is 1.42. The molecule has 6 rings (SSSR count). The average Bonchev–Trinajstić information content (AvgIpc) is 3.62. The molecule has 0 aliphatic carbocycles. The fraction of sp³-hybridized carbons (Fsp3) is 0.286. The molecule has 5 aromatic rings. The molecule has 1 aromatic carbocycles. The zero-order valence-electron chi connectivity index (χ0n) is 22.6. The van der Waals surface area contributed by atoms with Crippen molar-refractivity contribution in [1.29, 1.82) is 0 Å². The Hall–Kier alpha value is -4.23. The predicted molar refractivity (Wildman–Crippen MR) is 155 cm³/mol. The molecule has 1 N–H and O–H groups in total. The quantitative estimate of drug-likeness (QED) is 0.245. The second-order valence-electron chi connectivity index (χ2n) is 10.3. The van der Waals surface area contributed by atoms with E-state index in [2.05, 4.69) is 37.6 Å². The third-order valence-electron chi connectivity index (χ3n) is 7.40. The molecule has 2 atom stereocenters. The van der Waals surface area contributed by atoms with E-state index < -0.39 is 24.0 Å². The summed E-state index contributed by atoms with van der Waals surface area (Å²) < 4.78 is 46.5. The molecule has 0 unspecified atom stereocenters. The van der Waals surface area contributed by atoms with E-state index >= 15 is 4.39 Å². The van der Waals surface area contributed by atoms with Gasteiger partial charge >= 0.3 is 6.55 Å². The Labute approximate surface area is 253 Å². The summed E-state index contributed by atoms with van der Waals surface area (Å²) in [6, 6.07) is 6.83. The summed E-state index contributed by atoms with van der Waals surface area (Å²) in [5.74, 6) is -0.578. The lowest BCUT2D eigenvalue weighted by atomic mass is 9.97. The van der Waals surface area contributed by atoms with Crippen molar-refractivity contribution < 1.29 is 13.2 Å². The minimum absolute atomic E-state index is 0.0305. The highest BCUT2D eigenvalue weighted by Gasteiger charge is 2.25. The first-order valence-corrected chi connectivity index (χ1v) is 14.2. The van der Waals surface area contributed by atoms with Crippen LogP contribution in [0.3, 0.4) is 0 Å². The van der Waals surface area contributed by atoms with Crippen molar-refractivity contribution in [1.82, 2.24) is 39.3 Å². The Kier molecular flexibility index (Phi) is 7.93. The van der Waals surface area contributed by atoms with Gasteiger partial charge in [-0.25, -0.2) is 18.7 Å². The van der Waals surface area contributed by atoms with Crippen LogP contribution in [0.1, 0.15) is 44.5 Å². The first kappa shape index (κ1) is 28.9. The predicted octanol–water partition coefficient (Wildman–Crippen LogP) is 6.41. The third-order valence-corrected chi connectivity index (χ3v) is 7.87. The van der Waals surface area contributed by atoms with Gasteiger partial charge in [-0.1, -0.05) is 41.8 Å². The van der Waals surface area contributed by atoms with Gasteiger partial charge in [-0.15, -0.1) is 5.10 Å². The van der Waals surface area contributed by atoms with E-state index in [0.717, 1.165) is 12.8 Å². The van der Waals surface area contributed by atoms with Gasteiger partial charge in [0.2, 0.25) is 0 Å². The Bertz CT molecular complexity index is 1860. The highest BCUT2D eigenvalue weighted by Crippen LogP contribution is 2.35. The molecule has 2 bridgehead atoms. The Balaban J connectivity index is 1.45. The van der Waals surface area contributed by atoms with Gasteiger partial charge in [0.25, 0.3) is 5.56 Å². The van der Waals surface area contributed by atoms with Crippen molar-refractivity contribution in [3.63, 3.8) is 0 Å². The molecule has 0 radical (unpaired) electrons. The van der Waals surface area contributed by atoms with Gasteiger partial charge in [-0.2, -0.15) is 13.9 Å². The second-order valence-corrected chi connectivity index (χ2v) is 11.1. The molecule has 10 nitrogen and oxygen atoms in total. The number of nitrogens with one attached hydrogen (secondary N) is 1. The smallest absolute Gasteiger partial charge is 0.333 e. The van der Waals surface area contributed by atoms with Crippen LogP contribution in [0.25, 0.3) is 28.2 Å². The molecule has 43 heavy (non-hydrogen) atoms. The van der Waals surface area contributed by atoms with Gasteiger partial charge in [0.05, 0.1) is 63.8 Å². The fourth-order valence-corrected chi connectivity index (χ4v) is 5.58. The van der Waals surface area contributed by atoms with Crippen molar-refractivity contribution in [3.05, 3.63) is 87.3 Å². The summed E-state index contributed by atoms with van der Waals surface area (Å²) in [6.07, 6.45) is 7.71. The van der Waals surface area contributed by atoms with Crippen molar-refractivity contribution >= 4 is 28.9 Å². The standard InChI is InChI=1S/C28H24Cl2F3N9O/c1-15-3-2-4-21(18-9-16(7-8-34-18)27-20(35-11-15)12-37-42(27)28(32)33)40-14-36-19(10-24(40)43)25-22(6-5-17(29)26(25)31)41-13-23(30)38-39-41/h5-10,12-15,21,28,35H,2-4,11H2,1H3/t15-,21+/m1/s1. The van der Waals surface area contributed by atoms with Gasteiger partial charge in [0.1, 0.15) is 0 Å². The van der Waals surface area contributed by atoms with Crippen LogP contribution in [0.5, 0.6) is 0 Å². The molecule has 1 aliphatic heterocycles. The lowest BCUT2D eigenvalue weighted by Crippen LogP contribution is -2.27. The van der Waals surface area contributed by atoms with Crippen molar-refractivity contribution in [2.45, 2.75) is 38.8 Å². The van der Waals surface area contributed by atoms with Gasteiger partial charge in [-0.3, -0.25) is 14.3 Å². The summed E-state index contributed by atoms with van der Waals surface area (Å²) >= 11 is 12.0. The molecule has 0 spiro atoms. The summed E-state index contributed by atoms with van der Waals surface area (Å²) in [4.78, 5) is 22.6. The van der Waals surface area contributed by atoms with Gasteiger partial charge < -0.3 is 5.32 Å². The minimum Gasteiger partial charge on any atom is -0.382 e. The lowest BCUT2D eigenvalue weighted by molar-refractivity contribution is 0.0585. The van der Waals surface area contributed by atoms with Crippen LogP contribution in [0.4, 0.5) is 18.9 Å². The van der Waals surface area contributed by atoms with Crippen LogP contribution in [0.15, 0.2) is 60.0 Å². The maximum absolute atomic E-state index is 15.4. The lowest BCUT2D eigenvalue weighted by Gasteiger charge is -2.23. The molecule has 0 saturated heterocycles. The van der Waals surface area contributed by atoms with Gasteiger partial charge in [-0.05, 0) is 43.0 Å². The van der Waals surface area contributed by atoms with E-state index in [-0.39, 0.29) is 38.7 Å². The van der Waals surface area contributed by atoms with Crippen LogP contribution in [-0.2, 0) is 0 Å². The summed E-state index contributed by atoms with van der Waals surface area (Å²) in [7, 11) is 0. The maximum atomic E-state index is 15.4. The number of hydrogen-bond acceptors (Lipinski definition) is 7. The Morgan fingerprint density at radius 1 is 1.12 bits per heavy atom. The van der Waals surface area contributed by atoms with Crippen molar-refractivity contribution in [2.24, 2.45) is 5.92 Å². The second kappa shape index (κ2) is 11.8. The van der Waals surface area contributed by atoms with Crippen LogP contribution in [0.2, 0.25) is 10.2 Å². The molecule has 5 heterocycles. The molecule has 4 aromatic heterocycles. The zero-order valence-corrected chi connectivity index (χ0v) is 24.1. The van der Waals surface area contributed by atoms with E-state index in [1.54, 1.807) is 12.1 Å². The number of nitrogens with zero attached hydrogens (tertiary/aromatic N) is 8.